The molecule has 0 aliphatic rings. The van der Waals surface area contributed by atoms with Crippen molar-refractivity contribution in [2.24, 2.45) is 0 Å². The number of hydrogen-bond acceptors (Lipinski definition) is 4. The van der Waals surface area contributed by atoms with Crippen LogP contribution in [0.15, 0.2) is 12.3 Å². The van der Waals surface area contributed by atoms with Gasteiger partial charge in [-0.2, -0.15) is 0 Å². The normalized spacial score (nSPS) is 9.64. The Labute approximate surface area is 82.9 Å². The molecule has 0 unspecified atom stereocenters. The van der Waals surface area contributed by atoms with Gasteiger partial charge in [0, 0.05) is 0 Å². The molecule has 0 atom stereocenters. The van der Waals surface area contributed by atoms with E-state index in [1.54, 1.807) is 26.1 Å². The third-order valence-electron chi connectivity index (χ3n) is 1.79. The first-order valence-corrected chi connectivity index (χ1v) is 4.36. The first-order chi connectivity index (χ1) is 6.69. The summed E-state index contributed by atoms with van der Waals surface area (Å²) in [4.78, 5) is 15.4. The zero-order chi connectivity index (χ0) is 10.6. The molecular formula is C10H13NO3. The highest BCUT2D eigenvalue weighted by Gasteiger charge is 2.11. The second-order valence-electron chi connectivity index (χ2n) is 2.73. The molecule has 0 aliphatic heterocycles. The maximum Gasteiger partial charge on any atom is 0.340 e. The number of nitrogens with zero attached hydrogens (tertiary/aromatic N) is 1. The van der Waals surface area contributed by atoms with Crippen LogP contribution in [-0.4, -0.2) is 24.7 Å². The van der Waals surface area contributed by atoms with E-state index in [9.17, 15) is 4.79 Å². The largest absolute Gasteiger partial charge is 0.495 e. The lowest BCUT2D eigenvalue weighted by molar-refractivity contribution is 0.0524. The third kappa shape index (κ3) is 2.22. The average molecular weight is 195 g/mol. The number of aryl methyl sites for hydroxylation is 1. The number of rotatable bonds is 3. The minimum absolute atomic E-state index is 0.357. The monoisotopic (exact) mass is 195 g/mol. The van der Waals surface area contributed by atoms with Crippen LogP contribution in [-0.2, 0) is 4.74 Å². The van der Waals surface area contributed by atoms with Crippen LogP contribution in [0, 0.1) is 6.92 Å². The Kier molecular flexibility index (Phi) is 3.45. The predicted molar refractivity (Wildman–Crippen MR) is 51.5 cm³/mol. The summed E-state index contributed by atoms with van der Waals surface area (Å²) in [5.74, 6) is 0.190. The van der Waals surface area contributed by atoms with E-state index >= 15 is 0 Å². The topological polar surface area (TPSA) is 48.4 Å². The molecule has 0 amide bonds. The smallest absolute Gasteiger partial charge is 0.340 e. The number of carbonyl (C=O) groups is 1. The SMILES string of the molecule is CCOC(=O)c1cc(OC)cnc1C. The zero-order valence-electron chi connectivity index (χ0n) is 8.53. The maximum atomic E-state index is 11.4. The summed E-state index contributed by atoms with van der Waals surface area (Å²) < 4.78 is 9.84. The molecule has 14 heavy (non-hydrogen) atoms. The molecule has 0 radical (unpaired) electrons. The lowest BCUT2D eigenvalue weighted by atomic mass is 10.2. The molecule has 1 aromatic rings. The molecule has 0 aromatic carbocycles. The summed E-state index contributed by atoms with van der Waals surface area (Å²) in [6, 6.07) is 1.63. The van der Waals surface area contributed by atoms with Crippen LogP contribution in [0.3, 0.4) is 0 Å². The van der Waals surface area contributed by atoms with Gasteiger partial charge < -0.3 is 9.47 Å². The Hall–Kier alpha value is -1.58. The lowest BCUT2D eigenvalue weighted by Gasteiger charge is -2.06. The molecule has 0 spiro atoms. The van der Waals surface area contributed by atoms with Gasteiger partial charge in [-0.1, -0.05) is 0 Å². The van der Waals surface area contributed by atoms with Crippen molar-refractivity contribution in [3.8, 4) is 5.75 Å². The second kappa shape index (κ2) is 4.60. The van der Waals surface area contributed by atoms with Crippen LogP contribution < -0.4 is 4.74 Å². The third-order valence-corrected chi connectivity index (χ3v) is 1.79. The van der Waals surface area contributed by atoms with Crippen molar-refractivity contribution in [1.82, 2.24) is 4.98 Å². The molecule has 4 nitrogen and oxygen atoms in total. The summed E-state index contributed by atoms with van der Waals surface area (Å²) >= 11 is 0. The molecule has 76 valence electrons. The van der Waals surface area contributed by atoms with Gasteiger partial charge >= 0.3 is 5.97 Å². The average Bonchev–Trinajstić information content (AvgIpc) is 2.19. The standard InChI is InChI=1S/C10H13NO3/c1-4-14-10(12)9-5-8(13-3)6-11-7(9)2/h5-6H,4H2,1-3H3. The molecule has 0 fully saturated rings. The molecule has 0 saturated carbocycles. The highest BCUT2D eigenvalue weighted by Crippen LogP contribution is 2.14. The van der Waals surface area contributed by atoms with Gasteiger partial charge in [-0.05, 0) is 19.9 Å². The van der Waals surface area contributed by atoms with Crippen molar-refractivity contribution in [2.45, 2.75) is 13.8 Å². The van der Waals surface area contributed by atoms with Crippen LogP contribution in [0.2, 0.25) is 0 Å². The number of pyridine rings is 1. The van der Waals surface area contributed by atoms with Gasteiger partial charge in [0.15, 0.2) is 0 Å². The number of aromatic nitrogens is 1. The van der Waals surface area contributed by atoms with E-state index in [4.69, 9.17) is 9.47 Å². The van der Waals surface area contributed by atoms with E-state index in [0.29, 0.717) is 23.6 Å². The van der Waals surface area contributed by atoms with Gasteiger partial charge in [-0.3, -0.25) is 4.98 Å². The van der Waals surface area contributed by atoms with E-state index in [-0.39, 0.29) is 5.97 Å². The molecule has 1 rings (SSSR count). The van der Waals surface area contributed by atoms with Gasteiger partial charge in [-0.15, -0.1) is 0 Å². The maximum absolute atomic E-state index is 11.4. The summed E-state index contributed by atoms with van der Waals surface area (Å²) in [5, 5.41) is 0. The fourth-order valence-electron chi connectivity index (χ4n) is 1.04. The summed E-state index contributed by atoms with van der Waals surface area (Å²) in [6.07, 6.45) is 1.57. The van der Waals surface area contributed by atoms with E-state index in [1.165, 1.54) is 7.11 Å². The molecule has 0 saturated heterocycles. The molecular weight excluding hydrogens is 182 g/mol. The fourth-order valence-corrected chi connectivity index (χ4v) is 1.04. The van der Waals surface area contributed by atoms with Crippen LogP contribution in [0.5, 0.6) is 5.75 Å². The Balaban J connectivity index is 2.99. The van der Waals surface area contributed by atoms with Crippen LogP contribution in [0.1, 0.15) is 23.0 Å². The van der Waals surface area contributed by atoms with E-state index in [1.807, 2.05) is 0 Å². The van der Waals surface area contributed by atoms with Crippen molar-refractivity contribution < 1.29 is 14.3 Å². The van der Waals surface area contributed by atoms with Gasteiger partial charge in [0.1, 0.15) is 5.75 Å². The van der Waals surface area contributed by atoms with Gasteiger partial charge in [0.2, 0.25) is 0 Å². The number of hydrogen-bond donors (Lipinski definition) is 0. The van der Waals surface area contributed by atoms with Crippen LogP contribution >= 0.6 is 0 Å². The minimum Gasteiger partial charge on any atom is -0.495 e. The Bertz CT molecular complexity index is 336. The highest BCUT2D eigenvalue weighted by atomic mass is 16.5. The van der Waals surface area contributed by atoms with Gasteiger partial charge in [-0.25, -0.2) is 4.79 Å². The Morgan fingerprint density at radius 2 is 2.29 bits per heavy atom. The first kappa shape index (κ1) is 10.5. The molecule has 4 heteroatoms. The number of esters is 1. The fraction of sp³-hybridized carbons (Fsp3) is 0.400. The molecule has 1 heterocycles. The van der Waals surface area contributed by atoms with E-state index in [2.05, 4.69) is 4.98 Å². The Morgan fingerprint density at radius 3 is 2.86 bits per heavy atom. The van der Waals surface area contributed by atoms with Crippen LogP contribution in [0.4, 0.5) is 0 Å². The van der Waals surface area contributed by atoms with Gasteiger partial charge in [0.25, 0.3) is 0 Å². The van der Waals surface area contributed by atoms with Crippen molar-refractivity contribution in [3.63, 3.8) is 0 Å². The number of carbonyl (C=O) groups excluding carboxylic acids is 1. The molecule has 0 N–H and O–H groups in total. The second-order valence-corrected chi connectivity index (χ2v) is 2.73. The van der Waals surface area contributed by atoms with E-state index < -0.39 is 0 Å². The quantitative estimate of drug-likeness (QED) is 0.687. The highest BCUT2D eigenvalue weighted by molar-refractivity contribution is 5.90. The van der Waals surface area contributed by atoms with Crippen molar-refractivity contribution in [2.75, 3.05) is 13.7 Å². The first-order valence-electron chi connectivity index (χ1n) is 4.36. The summed E-state index contributed by atoms with van der Waals surface area (Å²) in [7, 11) is 1.53. The predicted octanol–water partition coefficient (Wildman–Crippen LogP) is 1.58. The lowest BCUT2D eigenvalue weighted by Crippen LogP contribution is -2.08. The van der Waals surface area contributed by atoms with Gasteiger partial charge in [0.05, 0.1) is 31.2 Å². The molecule has 1 aromatic heterocycles. The summed E-state index contributed by atoms with van der Waals surface area (Å²) in [5.41, 5.74) is 1.09. The van der Waals surface area contributed by atoms with E-state index in [0.717, 1.165) is 0 Å². The number of ether oxygens (including phenoxy) is 2. The van der Waals surface area contributed by atoms with Crippen LogP contribution in [0.25, 0.3) is 0 Å². The van der Waals surface area contributed by atoms with Crippen molar-refractivity contribution in [3.05, 3.63) is 23.5 Å². The Morgan fingerprint density at radius 1 is 1.57 bits per heavy atom. The van der Waals surface area contributed by atoms with Crippen molar-refractivity contribution in [1.29, 1.82) is 0 Å². The number of methoxy groups -OCH3 is 1. The van der Waals surface area contributed by atoms with Crippen molar-refractivity contribution >= 4 is 5.97 Å². The molecule has 0 bridgehead atoms. The zero-order valence-corrected chi connectivity index (χ0v) is 8.53. The summed E-state index contributed by atoms with van der Waals surface area (Å²) in [6.45, 7) is 3.88. The minimum atomic E-state index is -0.364. The molecule has 0 aliphatic carbocycles.